The molecule has 1 heterocycles. The Morgan fingerprint density at radius 3 is 2.20 bits per heavy atom. The van der Waals surface area contributed by atoms with Gasteiger partial charge in [0.1, 0.15) is 29.0 Å². The van der Waals surface area contributed by atoms with Crippen molar-refractivity contribution in [3.63, 3.8) is 0 Å². The van der Waals surface area contributed by atoms with Crippen LogP contribution in [0.3, 0.4) is 0 Å². The van der Waals surface area contributed by atoms with Crippen LogP contribution in [0.15, 0.2) is 89.8 Å². The molecule has 1 saturated heterocycles. The van der Waals surface area contributed by atoms with E-state index in [0.717, 1.165) is 54.6 Å². The fourth-order valence-corrected chi connectivity index (χ4v) is 8.08. The summed E-state index contributed by atoms with van der Waals surface area (Å²) in [5.41, 5.74) is 6.71. The number of benzene rings is 4. The van der Waals surface area contributed by atoms with Gasteiger partial charge in [-0.05, 0) is 91.6 Å². The van der Waals surface area contributed by atoms with Crippen LogP contribution in [0, 0.1) is 23.3 Å². The number of sulfonamides is 1. The highest BCUT2D eigenvalue weighted by Gasteiger charge is 2.38. The first-order chi connectivity index (χ1) is 24.0. The second-order valence-electron chi connectivity index (χ2n) is 12.1. The number of hydrogen-bond acceptors (Lipinski definition) is 6. The van der Waals surface area contributed by atoms with E-state index in [1.807, 2.05) is 0 Å². The van der Waals surface area contributed by atoms with Gasteiger partial charge >= 0.3 is 6.36 Å². The van der Waals surface area contributed by atoms with Gasteiger partial charge in [0.25, 0.3) is 0 Å². The number of halogens is 7. The molecule has 4 aromatic carbocycles. The number of nitrogens with two attached hydrogens (primary N) is 1. The molecule has 8 nitrogen and oxygen atoms in total. The van der Waals surface area contributed by atoms with Gasteiger partial charge in [-0.25, -0.2) is 26.0 Å². The van der Waals surface area contributed by atoms with Crippen LogP contribution in [0.4, 0.5) is 36.4 Å². The highest BCUT2D eigenvalue weighted by Crippen LogP contribution is 2.32. The Hall–Kier alpha value is -4.51. The summed E-state index contributed by atoms with van der Waals surface area (Å²) >= 11 is 0. The molecule has 4 aromatic rings. The molecule has 4 atom stereocenters. The number of piperazine rings is 1. The minimum Gasteiger partial charge on any atom is -0.406 e. The van der Waals surface area contributed by atoms with Gasteiger partial charge in [0.2, 0.25) is 15.9 Å². The summed E-state index contributed by atoms with van der Waals surface area (Å²) in [6.45, 7) is 2.09. The summed E-state index contributed by atoms with van der Waals surface area (Å²) in [5, 5.41) is 5.72. The first-order valence-corrected chi connectivity index (χ1v) is 17.1. The molecule has 272 valence electrons. The highest BCUT2D eigenvalue weighted by molar-refractivity contribution is 7.89. The molecule has 0 spiro atoms. The number of alkyl halides is 3. The fourth-order valence-electron chi connectivity index (χ4n) is 6.24. The van der Waals surface area contributed by atoms with Crippen LogP contribution in [0.5, 0.6) is 5.75 Å². The molecule has 0 bridgehead atoms. The standard InChI is InChI=1S/C35H33F7N4O4S/c1-20-18-44-19-26(46(20)51(48,49)28-12-10-27(11-13-28)50-35(40,41)42)9-14-29-30(39)3-2-4-31(29)45-34(47)33(43)32(21-5-7-23(36)8-6-21)22-15-24(37)17-25(38)16-22/h2-8,10-13,15-17,20,26,32-33,44H,9,14,18-19,43H2,1H3,(H,45,47)/t20-,26-,32?,33?/m0/s1. The summed E-state index contributed by atoms with van der Waals surface area (Å²) in [6.07, 6.45) is -4.97. The molecule has 1 fully saturated rings. The van der Waals surface area contributed by atoms with E-state index in [2.05, 4.69) is 15.4 Å². The van der Waals surface area contributed by atoms with Crippen molar-refractivity contribution in [3.05, 3.63) is 125 Å². The van der Waals surface area contributed by atoms with Gasteiger partial charge in [0, 0.05) is 48.4 Å². The van der Waals surface area contributed by atoms with Gasteiger partial charge in [-0.3, -0.25) is 4.79 Å². The molecule has 4 N–H and O–H groups in total. The molecule has 2 unspecified atom stereocenters. The summed E-state index contributed by atoms with van der Waals surface area (Å²) in [6, 6.07) is 12.4. The minimum atomic E-state index is -4.96. The molecule has 1 aliphatic heterocycles. The van der Waals surface area contributed by atoms with E-state index in [-0.39, 0.29) is 53.2 Å². The summed E-state index contributed by atoms with van der Waals surface area (Å²) in [5.74, 6) is -5.74. The Morgan fingerprint density at radius 2 is 1.57 bits per heavy atom. The average Bonchev–Trinajstić information content (AvgIpc) is 3.04. The molecule has 51 heavy (non-hydrogen) atoms. The number of carbonyl (C=O) groups is 1. The van der Waals surface area contributed by atoms with E-state index in [1.165, 1.54) is 28.6 Å². The molecule has 0 aliphatic carbocycles. The third kappa shape index (κ3) is 9.05. The third-order valence-corrected chi connectivity index (χ3v) is 10.6. The zero-order chi connectivity index (χ0) is 37.1. The predicted molar refractivity (Wildman–Crippen MR) is 174 cm³/mol. The van der Waals surface area contributed by atoms with Crippen molar-refractivity contribution >= 4 is 21.6 Å². The van der Waals surface area contributed by atoms with Crippen molar-refractivity contribution in [3.8, 4) is 5.75 Å². The lowest BCUT2D eigenvalue weighted by atomic mass is 9.84. The van der Waals surface area contributed by atoms with Gasteiger partial charge in [0.05, 0.1) is 10.9 Å². The van der Waals surface area contributed by atoms with Crippen molar-refractivity contribution in [2.75, 3.05) is 18.4 Å². The molecule has 0 aromatic heterocycles. The summed E-state index contributed by atoms with van der Waals surface area (Å²) in [4.78, 5) is 13.3. The van der Waals surface area contributed by atoms with Gasteiger partial charge in [-0.2, -0.15) is 4.31 Å². The van der Waals surface area contributed by atoms with Gasteiger partial charge < -0.3 is 21.1 Å². The van der Waals surface area contributed by atoms with E-state index in [4.69, 9.17) is 5.73 Å². The highest BCUT2D eigenvalue weighted by atomic mass is 32.2. The number of hydrogen-bond donors (Lipinski definition) is 3. The van der Waals surface area contributed by atoms with Crippen LogP contribution in [0.1, 0.15) is 36.0 Å². The number of ether oxygens (including phenoxy) is 1. The fraction of sp³-hybridized carbons (Fsp3) is 0.286. The zero-order valence-corrected chi connectivity index (χ0v) is 27.7. The number of nitrogens with one attached hydrogen (secondary N) is 2. The first-order valence-electron chi connectivity index (χ1n) is 15.7. The molecule has 0 radical (unpaired) electrons. The number of carbonyl (C=O) groups excluding carboxylic acids is 1. The van der Waals surface area contributed by atoms with E-state index in [1.54, 1.807) is 6.92 Å². The van der Waals surface area contributed by atoms with E-state index < -0.39 is 75.4 Å². The molecular weight excluding hydrogens is 705 g/mol. The lowest BCUT2D eigenvalue weighted by Gasteiger charge is -2.40. The lowest BCUT2D eigenvalue weighted by molar-refractivity contribution is -0.274. The summed E-state index contributed by atoms with van der Waals surface area (Å²) < 4.78 is 128. The second kappa shape index (κ2) is 15.4. The van der Waals surface area contributed by atoms with E-state index >= 15 is 4.39 Å². The normalized spacial score (nSPS) is 18.2. The Balaban J connectivity index is 1.37. The Labute approximate surface area is 289 Å². The minimum absolute atomic E-state index is 0.00367. The van der Waals surface area contributed by atoms with Crippen molar-refractivity contribution in [2.24, 2.45) is 5.73 Å². The summed E-state index contributed by atoms with van der Waals surface area (Å²) in [7, 11) is -4.25. The largest absolute Gasteiger partial charge is 0.573 e. The molecule has 1 amide bonds. The van der Waals surface area contributed by atoms with Crippen molar-refractivity contribution in [2.45, 2.75) is 55.1 Å². The number of rotatable bonds is 11. The number of nitrogens with zero attached hydrogens (tertiary/aromatic N) is 1. The molecule has 16 heteroatoms. The third-order valence-electron chi connectivity index (χ3n) is 8.49. The molecule has 1 aliphatic rings. The SMILES string of the molecule is C[C@H]1CNC[C@H](CCc2c(F)cccc2NC(=O)C(N)C(c2ccc(F)cc2)c2cc(F)cc(F)c2)N1S(=O)(=O)c1ccc(OC(F)(F)F)cc1. The van der Waals surface area contributed by atoms with Crippen LogP contribution in [0.2, 0.25) is 0 Å². The van der Waals surface area contributed by atoms with Crippen molar-refractivity contribution < 1.29 is 48.7 Å². The Kier molecular flexibility index (Phi) is 11.4. The zero-order valence-electron chi connectivity index (χ0n) is 26.9. The molecule has 0 saturated carbocycles. The van der Waals surface area contributed by atoms with Crippen LogP contribution < -0.4 is 21.1 Å². The lowest BCUT2D eigenvalue weighted by Crippen LogP contribution is -2.58. The average molecular weight is 739 g/mol. The topological polar surface area (TPSA) is 114 Å². The molecular formula is C35H33F7N4O4S. The monoisotopic (exact) mass is 738 g/mol. The number of anilines is 1. The Bertz CT molecular complexity index is 1940. The predicted octanol–water partition coefficient (Wildman–Crippen LogP) is 6.22. The van der Waals surface area contributed by atoms with Gasteiger partial charge in [-0.1, -0.05) is 18.2 Å². The van der Waals surface area contributed by atoms with Crippen LogP contribution in [-0.4, -0.2) is 56.2 Å². The van der Waals surface area contributed by atoms with Crippen LogP contribution >= 0.6 is 0 Å². The van der Waals surface area contributed by atoms with Crippen LogP contribution in [0.25, 0.3) is 0 Å². The quantitative estimate of drug-likeness (QED) is 0.158. The smallest absolute Gasteiger partial charge is 0.406 e. The maximum atomic E-state index is 15.4. The Morgan fingerprint density at radius 1 is 0.922 bits per heavy atom. The maximum absolute atomic E-state index is 15.4. The first kappa shape index (κ1) is 37.7. The number of amides is 1. The second-order valence-corrected chi connectivity index (χ2v) is 13.9. The van der Waals surface area contributed by atoms with E-state index in [9.17, 15) is 39.6 Å². The van der Waals surface area contributed by atoms with E-state index in [0.29, 0.717) is 6.07 Å². The van der Waals surface area contributed by atoms with Gasteiger partial charge in [-0.15, -0.1) is 13.2 Å². The van der Waals surface area contributed by atoms with Crippen LogP contribution in [-0.2, 0) is 21.2 Å². The van der Waals surface area contributed by atoms with Crippen molar-refractivity contribution in [1.82, 2.24) is 9.62 Å². The van der Waals surface area contributed by atoms with Crippen molar-refractivity contribution in [1.29, 1.82) is 0 Å². The molecule has 5 rings (SSSR count). The maximum Gasteiger partial charge on any atom is 0.573 e. The van der Waals surface area contributed by atoms with Gasteiger partial charge in [0.15, 0.2) is 0 Å².